The molecule has 1 heterocycles. The first-order valence-corrected chi connectivity index (χ1v) is 9.80. The number of hydrogen-bond acceptors (Lipinski definition) is 7. The number of ether oxygens (including phenoxy) is 2. The maximum atomic E-state index is 12.6. The minimum absolute atomic E-state index is 0.303. The molecule has 7 nitrogen and oxygen atoms in total. The molecule has 0 bridgehead atoms. The standard InChI is InChI=1S/C21H22N4O3S/c1-14(19-15(2)25-29-20(19)22)23-24-21(26)17-10-6-7-11-18(17)28-13-12-27-16-8-4-3-5-9-16/h3-11H,12-13,22H2,1-2H3,(H,24,26)/b23-14-. The van der Waals surface area contributed by atoms with E-state index in [-0.39, 0.29) is 5.91 Å². The minimum Gasteiger partial charge on any atom is -0.490 e. The number of benzene rings is 2. The van der Waals surface area contributed by atoms with E-state index in [0.717, 1.165) is 17.0 Å². The van der Waals surface area contributed by atoms with Gasteiger partial charge in [-0.05, 0) is 49.6 Å². The topological polar surface area (TPSA) is 98.8 Å². The van der Waals surface area contributed by atoms with Gasteiger partial charge in [0, 0.05) is 0 Å². The van der Waals surface area contributed by atoms with Crippen LogP contribution < -0.4 is 20.6 Å². The zero-order chi connectivity index (χ0) is 20.6. The fourth-order valence-corrected chi connectivity index (χ4v) is 3.40. The quantitative estimate of drug-likeness (QED) is 0.336. The highest BCUT2D eigenvalue weighted by atomic mass is 32.1. The summed E-state index contributed by atoms with van der Waals surface area (Å²) in [6.45, 7) is 4.29. The summed E-state index contributed by atoms with van der Waals surface area (Å²) in [6, 6.07) is 16.5. The van der Waals surface area contributed by atoms with Crippen molar-refractivity contribution in [2.24, 2.45) is 5.10 Å². The van der Waals surface area contributed by atoms with E-state index in [9.17, 15) is 4.79 Å². The number of carbonyl (C=O) groups is 1. The highest BCUT2D eigenvalue weighted by Crippen LogP contribution is 2.22. The number of nitrogens with zero attached hydrogens (tertiary/aromatic N) is 2. The normalized spacial score (nSPS) is 11.2. The van der Waals surface area contributed by atoms with Gasteiger partial charge >= 0.3 is 0 Å². The smallest absolute Gasteiger partial charge is 0.275 e. The number of nitrogens with two attached hydrogens (primary N) is 1. The number of hydrazone groups is 1. The van der Waals surface area contributed by atoms with Crippen LogP contribution in [0.15, 0.2) is 59.7 Å². The molecule has 8 heteroatoms. The molecule has 0 unspecified atom stereocenters. The van der Waals surface area contributed by atoms with Gasteiger partial charge in [-0.3, -0.25) is 4.79 Å². The van der Waals surface area contributed by atoms with Crippen molar-refractivity contribution in [3.63, 3.8) is 0 Å². The van der Waals surface area contributed by atoms with E-state index in [1.165, 1.54) is 11.5 Å². The molecule has 0 radical (unpaired) electrons. The zero-order valence-electron chi connectivity index (χ0n) is 16.2. The lowest BCUT2D eigenvalue weighted by Gasteiger charge is -2.11. The Labute approximate surface area is 173 Å². The van der Waals surface area contributed by atoms with Crippen molar-refractivity contribution in [2.45, 2.75) is 13.8 Å². The molecule has 0 saturated heterocycles. The number of nitrogens with one attached hydrogen (secondary N) is 1. The van der Waals surface area contributed by atoms with Crippen LogP contribution in [0.5, 0.6) is 11.5 Å². The molecule has 0 spiro atoms. The molecule has 0 saturated carbocycles. The van der Waals surface area contributed by atoms with E-state index in [4.69, 9.17) is 15.2 Å². The Hall–Kier alpha value is -3.39. The van der Waals surface area contributed by atoms with E-state index in [0.29, 0.717) is 35.2 Å². The molecule has 0 aliphatic carbocycles. The molecule has 150 valence electrons. The molecule has 0 fully saturated rings. The average molecular weight is 410 g/mol. The van der Waals surface area contributed by atoms with Crippen LogP contribution in [0.1, 0.15) is 28.5 Å². The van der Waals surface area contributed by atoms with Gasteiger partial charge in [-0.2, -0.15) is 9.47 Å². The second-order valence-corrected chi connectivity index (χ2v) is 6.96. The van der Waals surface area contributed by atoms with Gasteiger partial charge in [0.05, 0.1) is 22.5 Å². The minimum atomic E-state index is -0.372. The summed E-state index contributed by atoms with van der Waals surface area (Å²) in [7, 11) is 0. The molecule has 29 heavy (non-hydrogen) atoms. The molecule has 0 aliphatic heterocycles. The van der Waals surface area contributed by atoms with E-state index >= 15 is 0 Å². The number of nitrogen functional groups attached to an aromatic ring is 1. The van der Waals surface area contributed by atoms with Crippen molar-refractivity contribution in [3.05, 3.63) is 71.4 Å². The average Bonchev–Trinajstić information content (AvgIpc) is 3.08. The second-order valence-electron chi connectivity index (χ2n) is 6.15. The lowest BCUT2D eigenvalue weighted by atomic mass is 10.2. The first-order valence-electron chi connectivity index (χ1n) is 9.02. The molecular formula is C21H22N4O3S. The first kappa shape index (κ1) is 20.3. The Kier molecular flexibility index (Phi) is 6.80. The highest BCUT2D eigenvalue weighted by Gasteiger charge is 2.14. The van der Waals surface area contributed by atoms with Crippen LogP contribution in [0, 0.1) is 6.92 Å². The molecule has 3 aromatic rings. The molecule has 2 aromatic carbocycles. The second kappa shape index (κ2) is 9.70. The van der Waals surface area contributed by atoms with Crippen LogP contribution in [0.25, 0.3) is 0 Å². The molecule has 1 amide bonds. The Morgan fingerprint density at radius 1 is 1.10 bits per heavy atom. The molecule has 3 N–H and O–H groups in total. The highest BCUT2D eigenvalue weighted by molar-refractivity contribution is 7.10. The van der Waals surface area contributed by atoms with E-state index in [1.54, 1.807) is 31.2 Å². The SMILES string of the molecule is C/C(=N/NC(=O)c1ccccc1OCCOc1ccccc1)c1c(C)nsc1N. The van der Waals surface area contributed by atoms with Crippen LogP contribution >= 0.6 is 11.5 Å². The number of para-hydroxylation sites is 2. The fraction of sp³-hybridized carbons (Fsp3) is 0.190. The summed E-state index contributed by atoms with van der Waals surface area (Å²) in [4.78, 5) is 12.6. The Morgan fingerprint density at radius 2 is 1.79 bits per heavy atom. The summed E-state index contributed by atoms with van der Waals surface area (Å²) in [5.41, 5.74) is 11.0. The van der Waals surface area contributed by atoms with Crippen molar-refractivity contribution in [2.75, 3.05) is 18.9 Å². The molecule has 3 rings (SSSR count). The van der Waals surface area contributed by atoms with Crippen LogP contribution in [-0.4, -0.2) is 29.2 Å². The van der Waals surface area contributed by atoms with Gasteiger partial charge in [-0.1, -0.05) is 30.3 Å². The molecule has 1 aromatic heterocycles. The van der Waals surface area contributed by atoms with Gasteiger partial charge in [0.1, 0.15) is 29.7 Å². The number of rotatable bonds is 8. The molecule has 0 atom stereocenters. The number of amides is 1. The maximum Gasteiger partial charge on any atom is 0.275 e. The summed E-state index contributed by atoms with van der Waals surface area (Å²) >= 11 is 1.20. The van der Waals surface area contributed by atoms with Crippen LogP contribution in [0.3, 0.4) is 0 Å². The third-order valence-corrected chi connectivity index (χ3v) is 4.83. The largest absolute Gasteiger partial charge is 0.490 e. The lowest BCUT2D eigenvalue weighted by Crippen LogP contribution is -2.21. The first-order chi connectivity index (χ1) is 14.1. The van der Waals surface area contributed by atoms with Crippen molar-refractivity contribution >= 4 is 28.2 Å². The Morgan fingerprint density at radius 3 is 2.52 bits per heavy atom. The summed E-state index contributed by atoms with van der Waals surface area (Å²) in [5.74, 6) is 0.857. The summed E-state index contributed by atoms with van der Waals surface area (Å²) in [5, 5.41) is 4.73. The van der Waals surface area contributed by atoms with Gasteiger partial charge < -0.3 is 15.2 Å². The zero-order valence-corrected chi connectivity index (χ0v) is 17.0. The van der Waals surface area contributed by atoms with Gasteiger partial charge in [0.2, 0.25) is 0 Å². The Bertz CT molecular complexity index is 983. The fourth-order valence-electron chi connectivity index (χ4n) is 2.69. The van der Waals surface area contributed by atoms with Crippen LogP contribution in [-0.2, 0) is 0 Å². The number of anilines is 1. The third kappa shape index (κ3) is 5.32. The van der Waals surface area contributed by atoms with Crippen molar-refractivity contribution in [1.82, 2.24) is 9.80 Å². The third-order valence-electron chi connectivity index (χ3n) is 4.06. The summed E-state index contributed by atoms with van der Waals surface area (Å²) < 4.78 is 15.5. The van der Waals surface area contributed by atoms with Crippen molar-refractivity contribution in [1.29, 1.82) is 0 Å². The van der Waals surface area contributed by atoms with E-state index in [2.05, 4.69) is 14.9 Å². The van der Waals surface area contributed by atoms with Crippen LogP contribution in [0.2, 0.25) is 0 Å². The molecule has 0 aliphatic rings. The van der Waals surface area contributed by atoms with E-state index in [1.807, 2.05) is 37.3 Å². The lowest BCUT2D eigenvalue weighted by molar-refractivity contribution is 0.0949. The molecular weight excluding hydrogens is 388 g/mol. The van der Waals surface area contributed by atoms with Gasteiger partial charge in [-0.15, -0.1) is 0 Å². The summed E-state index contributed by atoms with van der Waals surface area (Å²) in [6.07, 6.45) is 0. The van der Waals surface area contributed by atoms with Gasteiger partial charge in [0.25, 0.3) is 5.91 Å². The van der Waals surface area contributed by atoms with Gasteiger partial charge in [0.15, 0.2) is 0 Å². The van der Waals surface area contributed by atoms with Gasteiger partial charge in [-0.25, -0.2) is 5.43 Å². The van der Waals surface area contributed by atoms with Crippen LogP contribution in [0.4, 0.5) is 5.00 Å². The number of aromatic nitrogens is 1. The Balaban J connectivity index is 1.60. The maximum absolute atomic E-state index is 12.6. The van der Waals surface area contributed by atoms with E-state index < -0.39 is 0 Å². The number of carbonyl (C=O) groups excluding carboxylic acids is 1. The van der Waals surface area contributed by atoms with Crippen molar-refractivity contribution < 1.29 is 14.3 Å². The monoisotopic (exact) mass is 410 g/mol. The predicted molar refractivity (Wildman–Crippen MR) is 115 cm³/mol. The number of hydrogen-bond donors (Lipinski definition) is 2. The predicted octanol–water partition coefficient (Wildman–Crippen LogP) is 3.65. The van der Waals surface area contributed by atoms with Crippen molar-refractivity contribution in [3.8, 4) is 11.5 Å². The number of aryl methyl sites for hydroxylation is 1.